The molecule has 1 aliphatic rings. The van der Waals surface area contributed by atoms with E-state index in [9.17, 15) is 28.0 Å². The van der Waals surface area contributed by atoms with Gasteiger partial charge in [-0.2, -0.15) is 14.0 Å². The van der Waals surface area contributed by atoms with Crippen LogP contribution >= 0.6 is 0 Å². The predicted molar refractivity (Wildman–Crippen MR) is 150 cm³/mol. The maximum absolute atomic E-state index is 15.2. The van der Waals surface area contributed by atoms with Crippen LogP contribution in [0.25, 0.3) is 0 Å². The molecule has 1 heterocycles. The Morgan fingerprint density at radius 1 is 1.07 bits per heavy atom. The maximum atomic E-state index is 15.2. The lowest BCUT2D eigenvalue weighted by molar-refractivity contribution is -0.150. The number of alkyl halides is 2. The Kier molecular flexibility index (Phi) is 10.5. The van der Waals surface area contributed by atoms with Crippen LogP contribution in [-0.4, -0.2) is 66.4 Å². The molecule has 0 aromatic heterocycles. The summed E-state index contributed by atoms with van der Waals surface area (Å²) in [6.45, 7) is 7.09. The van der Waals surface area contributed by atoms with Gasteiger partial charge in [-0.15, -0.1) is 0 Å². The highest BCUT2D eigenvalue weighted by Crippen LogP contribution is 2.30. The number of nitriles is 1. The highest BCUT2D eigenvalue weighted by molar-refractivity contribution is 6.01. The van der Waals surface area contributed by atoms with E-state index in [0.29, 0.717) is 31.9 Å². The minimum absolute atomic E-state index is 0.0697. The van der Waals surface area contributed by atoms with Gasteiger partial charge in [-0.3, -0.25) is 19.2 Å². The van der Waals surface area contributed by atoms with Gasteiger partial charge < -0.3 is 25.6 Å². The fraction of sp³-hybridized carbons (Fsp3) is 0.433. The van der Waals surface area contributed by atoms with E-state index >= 15 is 4.39 Å². The van der Waals surface area contributed by atoms with Crippen molar-refractivity contribution < 1.29 is 37.1 Å². The molecule has 0 saturated carbocycles. The summed E-state index contributed by atoms with van der Waals surface area (Å²) in [5, 5.41) is 16.0. The van der Waals surface area contributed by atoms with Crippen LogP contribution in [0.15, 0.2) is 42.5 Å². The van der Waals surface area contributed by atoms with Crippen molar-refractivity contribution in [2.24, 2.45) is 0 Å². The number of morpholine rings is 1. The van der Waals surface area contributed by atoms with Crippen LogP contribution in [0, 0.1) is 17.1 Å². The number of ether oxygens (including phenoxy) is 1. The fourth-order valence-corrected chi connectivity index (χ4v) is 4.38. The number of hydrogen-bond donors (Lipinski definition) is 3. The van der Waals surface area contributed by atoms with E-state index in [1.807, 2.05) is 5.32 Å². The van der Waals surface area contributed by atoms with Crippen LogP contribution in [0.3, 0.4) is 0 Å². The first-order chi connectivity index (χ1) is 20.2. The molecule has 4 amide bonds. The largest absolute Gasteiger partial charge is 0.378 e. The monoisotopic (exact) mass is 601 g/mol. The molecule has 1 saturated heterocycles. The molecule has 0 spiro atoms. The lowest BCUT2D eigenvalue weighted by Gasteiger charge is -2.33. The highest BCUT2D eigenvalue weighted by atomic mass is 19.3. The molecule has 230 valence electrons. The number of carbonyl (C=O) groups is 4. The summed E-state index contributed by atoms with van der Waals surface area (Å²) >= 11 is 0. The van der Waals surface area contributed by atoms with E-state index in [-0.39, 0.29) is 29.5 Å². The van der Waals surface area contributed by atoms with Crippen molar-refractivity contribution in [3.05, 3.63) is 65.0 Å². The second-order valence-electron chi connectivity index (χ2n) is 10.7. The van der Waals surface area contributed by atoms with Crippen molar-refractivity contribution >= 4 is 29.3 Å². The summed E-state index contributed by atoms with van der Waals surface area (Å²) in [5.74, 6) is -9.02. The van der Waals surface area contributed by atoms with Gasteiger partial charge in [0.1, 0.15) is 17.4 Å². The zero-order valence-corrected chi connectivity index (χ0v) is 24.3. The van der Waals surface area contributed by atoms with Gasteiger partial charge >= 0.3 is 5.92 Å². The second kappa shape index (κ2) is 13.7. The van der Waals surface area contributed by atoms with E-state index in [1.165, 1.54) is 38.1 Å². The third-order valence-electron chi connectivity index (χ3n) is 7.13. The number of benzene rings is 2. The Bertz CT molecular complexity index is 1420. The lowest BCUT2D eigenvalue weighted by atomic mass is 9.91. The Hall–Kier alpha value is -4.44. The van der Waals surface area contributed by atoms with Crippen LogP contribution in [0.5, 0.6) is 0 Å². The van der Waals surface area contributed by atoms with E-state index < -0.39 is 46.6 Å². The van der Waals surface area contributed by atoms with E-state index in [2.05, 4.69) is 10.6 Å². The first kappa shape index (κ1) is 33.1. The summed E-state index contributed by atoms with van der Waals surface area (Å²) in [6, 6.07) is 8.94. The lowest BCUT2D eigenvalue weighted by Crippen LogP contribution is -2.56. The van der Waals surface area contributed by atoms with E-state index in [0.717, 1.165) is 18.2 Å². The van der Waals surface area contributed by atoms with Crippen LogP contribution in [0.1, 0.15) is 56.7 Å². The van der Waals surface area contributed by atoms with Crippen molar-refractivity contribution in [3.8, 4) is 6.07 Å². The van der Waals surface area contributed by atoms with Crippen molar-refractivity contribution in [2.75, 3.05) is 31.6 Å². The van der Waals surface area contributed by atoms with Crippen LogP contribution in [-0.2, 0) is 29.8 Å². The summed E-state index contributed by atoms with van der Waals surface area (Å²) in [5.41, 5.74) is -2.61. The molecule has 13 heteroatoms. The number of nitrogens with zero attached hydrogens (tertiary/aromatic N) is 2. The molecule has 0 aliphatic carbocycles. The fourth-order valence-electron chi connectivity index (χ4n) is 4.38. The normalized spacial score (nSPS) is 15.1. The standard InChI is InChI=1S/C30H34F3N5O5/c1-5-24(39)36-25(26(40)38-11-13-43-14-12-38)18(2)20-9-10-23(22(31)16-20)35-27(41)29(3,4)37-28(42)30(32,33)21-8-6-7-19(15-21)17-34/h6-10,15-16,18,25H,5,11-14H2,1-4H3,(H,35,41)(H,36,39)(H,37,42)/t18-,25+/m0/s1. The van der Waals surface area contributed by atoms with Crippen LogP contribution < -0.4 is 16.0 Å². The number of hydrogen-bond acceptors (Lipinski definition) is 6. The Morgan fingerprint density at radius 3 is 2.35 bits per heavy atom. The van der Waals surface area contributed by atoms with Gasteiger partial charge in [-0.25, -0.2) is 4.39 Å². The molecular weight excluding hydrogens is 567 g/mol. The summed E-state index contributed by atoms with van der Waals surface area (Å²) in [4.78, 5) is 52.5. The molecule has 43 heavy (non-hydrogen) atoms. The van der Waals surface area contributed by atoms with Gasteiger partial charge in [-0.05, 0) is 43.7 Å². The highest BCUT2D eigenvalue weighted by Gasteiger charge is 2.45. The van der Waals surface area contributed by atoms with Gasteiger partial charge in [-0.1, -0.05) is 32.0 Å². The summed E-state index contributed by atoms with van der Waals surface area (Å²) in [7, 11) is 0. The third kappa shape index (κ3) is 7.90. The smallest absolute Gasteiger partial charge is 0.349 e. The second-order valence-corrected chi connectivity index (χ2v) is 10.7. The zero-order chi connectivity index (χ0) is 31.9. The maximum Gasteiger partial charge on any atom is 0.349 e. The molecular formula is C30H34F3N5O5. The van der Waals surface area contributed by atoms with Gasteiger partial charge in [0.05, 0.1) is 30.5 Å². The molecule has 3 N–H and O–H groups in total. The number of nitrogens with one attached hydrogen (secondary N) is 3. The summed E-state index contributed by atoms with van der Waals surface area (Å²) < 4.78 is 50.2. The van der Waals surface area contributed by atoms with Gasteiger partial charge in [0.2, 0.25) is 17.7 Å². The first-order valence-electron chi connectivity index (χ1n) is 13.7. The number of rotatable bonds is 10. The number of halogens is 3. The SMILES string of the molecule is CCC(=O)N[C@@H](C(=O)N1CCOCC1)[C@@H](C)c1ccc(NC(=O)C(C)(C)NC(=O)C(F)(F)c2cccc(C#N)c2)c(F)c1. The van der Waals surface area contributed by atoms with Gasteiger partial charge in [0, 0.05) is 31.0 Å². The molecule has 2 aromatic rings. The third-order valence-corrected chi connectivity index (χ3v) is 7.13. The average Bonchev–Trinajstić information content (AvgIpc) is 3.00. The summed E-state index contributed by atoms with van der Waals surface area (Å²) in [6.07, 6.45) is 0.142. The van der Waals surface area contributed by atoms with Crippen molar-refractivity contribution in [3.63, 3.8) is 0 Å². The Balaban J connectivity index is 1.75. The molecule has 0 unspecified atom stereocenters. The van der Waals surface area contributed by atoms with Gasteiger partial charge in [0.15, 0.2) is 0 Å². The molecule has 0 radical (unpaired) electrons. The molecule has 1 fully saturated rings. The molecule has 3 rings (SSSR count). The first-order valence-corrected chi connectivity index (χ1v) is 13.7. The minimum Gasteiger partial charge on any atom is -0.378 e. The zero-order valence-electron chi connectivity index (χ0n) is 24.3. The van der Waals surface area contributed by atoms with Crippen molar-refractivity contribution in [1.29, 1.82) is 5.26 Å². The minimum atomic E-state index is -4.06. The molecule has 10 nitrogen and oxygen atoms in total. The van der Waals surface area contributed by atoms with Crippen molar-refractivity contribution in [1.82, 2.24) is 15.5 Å². The van der Waals surface area contributed by atoms with Crippen molar-refractivity contribution in [2.45, 2.75) is 57.5 Å². The molecule has 0 bridgehead atoms. The van der Waals surface area contributed by atoms with E-state index in [1.54, 1.807) is 24.8 Å². The Morgan fingerprint density at radius 2 is 1.74 bits per heavy atom. The predicted octanol–water partition coefficient (Wildman–Crippen LogP) is 3.18. The number of amides is 4. The molecule has 1 aliphatic heterocycles. The van der Waals surface area contributed by atoms with E-state index in [4.69, 9.17) is 10.00 Å². The number of anilines is 1. The molecule has 2 atom stereocenters. The van der Waals surface area contributed by atoms with Crippen LogP contribution in [0.2, 0.25) is 0 Å². The number of carbonyl (C=O) groups excluding carboxylic acids is 4. The van der Waals surface area contributed by atoms with Gasteiger partial charge in [0.25, 0.3) is 5.91 Å². The quantitative estimate of drug-likeness (QED) is 0.382. The van der Waals surface area contributed by atoms with Crippen LogP contribution in [0.4, 0.5) is 18.9 Å². The average molecular weight is 602 g/mol. The molecule has 2 aromatic carbocycles. The Labute approximate surface area is 247 Å². The topological polar surface area (TPSA) is 141 Å².